The lowest BCUT2D eigenvalue weighted by atomic mass is 9.99. The van der Waals surface area contributed by atoms with E-state index in [1.807, 2.05) is 63.2 Å². The summed E-state index contributed by atoms with van der Waals surface area (Å²) in [6, 6.07) is 18.7. The number of thiophene rings is 1. The second-order valence-electron chi connectivity index (χ2n) is 8.13. The van der Waals surface area contributed by atoms with E-state index in [1.165, 1.54) is 11.3 Å². The number of aryl methyl sites for hydroxylation is 3. The van der Waals surface area contributed by atoms with Gasteiger partial charge in [0.15, 0.2) is 11.5 Å². The largest absolute Gasteiger partial charge is 0.454 e. The van der Waals surface area contributed by atoms with Crippen molar-refractivity contribution in [3.05, 3.63) is 93.6 Å². The molecule has 4 aromatic rings. The first-order valence-corrected chi connectivity index (χ1v) is 11.7. The Morgan fingerprint density at radius 1 is 0.941 bits per heavy atom. The van der Waals surface area contributed by atoms with Crippen molar-refractivity contribution in [1.29, 1.82) is 0 Å². The number of hydrogen-bond acceptors (Lipinski definition) is 7. The van der Waals surface area contributed by atoms with Gasteiger partial charge < -0.3 is 20.1 Å². The summed E-state index contributed by atoms with van der Waals surface area (Å²) in [7, 11) is 0. The fourth-order valence-electron chi connectivity index (χ4n) is 3.96. The van der Waals surface area contributed by atoms with Crippen molar-refractivity contribution in [2.24, 2.45) is 0 Å². The molecule has 1 amide bonds. The van der Waals surface area contributed by atoms with Crippen molar-refractivity contribution >= 4 is 28.2 Å². The molecule has 34 heavy (non-hydrogen) atoms. The Kier molecular flexibility index (Phi) is 5.90. The maximum atomic E-state index is 12.9. The van der Waals surface area contributed by atoms with Crippen LogP contribution in [0.3, 0.4) is 0 Å². The van der Waals surface area contributed by atoms with E-state index in [1.54, 1.807) is 12.1 Å². The lowest BCUT2D eigenvalue weighted by molar-refractivity contribution is 0.102. The van der Waals surface area contributed by atoms with Gasteiger partial charge in [0.05, 0.1) is 6.04 Å². The molecule has 1 aliphatic rings. The lowest BCUT2D eigenvalue weighted by Gasteiger charge is -2.21. The molecule has 8 heteroatoms. The van der Waals surface area contributed by atoms with Gasteiger partial charge >= 0.3 is 0 Å². The van der Waals surface area contributed by atoms with Gasteiger partial charge in [0, 0.05) is 27.4 Å². The highest BCUT2D eigenvalue weighted by atomic mass is 32.1. The van der Waals surface area contributed by atoms with Crippen molar-refractivity contribution in [3.63, 3.8) is 0 Å². The third kappa shape index (κ3) is 4.58. The summed E-state index contributed by atoms with van der Waals surface area (Å²) in [6.07, 6.45) is 0. The van der Waals surface area contributed by atoms with Crippen LogP contribution in [0.1, 0.15) is 43.8 Å². The first kappa shape index (κ1) is 21.9. The minimum Gasteiger partial charge on any atom is -0.454 e. The average Bonchev–Trinajstić information content (AvgIpc) is 3.43. The number of hydrogen-bond donors (Lipinski definition) is 2. The number of fused-ring (bicyclic) bond motifs is 1. The Morgan fingerprint density at radius 3 is 2.44 bits per heavy atom. The highest BCUT2D eigenvalue weighted by Gasteiger charge is 2.25. The number of benzene rings is 2. The van der Waals surface area contributed by atoms with Crippen LogP contribution in [-0.4, -0.2) is 22.7 Å². The van der Waals surface area contributed by atoms with Crippen molar-refractivity contribution in [2.45, 2.75) is 26.8 Å². The number of nitrogens with one attached hydrogen (secondary N) is 2. The molecule has 0 bridgehead atoms. The maximum absolute atomic E-state index is 12.9. The normalized spacial score (nSPS) is 12.9. The van der Waals surface area contributed by atoms with Crippen molar-refractivity contribution in [2.75, 3.05) is 17.4 Å². The Labute approximate surface area is 201 Å². The first-order valence-electron chi connectivity index (χ1n) is 10.9. The molecule has 3 heterocycles. The average molecular weight is 473 g/mol. The fraction of sp³-hybridized carbons (Fsp3) is 0.192. The smallest absolute Gasteiger partial charge is 0.256 e. The molecule has 0 saturated heterocycles. The molecule has 0 spiro atoms. The van der Waals surface area contributed by atoms with E-state index in [-0.39, 0.29) is 18.7 Å². The van der Waals surface area contributed by atoms with E-state index in [4.69, 9.17) is 9.47 Å². The predicted molar refractivity (Wildman–Crippen MR) is 133 cm³/mol. The van der Waals surface area contributed by atoms with E-state index in [9.17, 15) is 4.79 Å². The first-order chi connectivity index (χ1) is 16.5. The number of aromatic nitrogens is 2. The number of rotatable bonds is 6. The monoisotopic (exact) mass is 472 g/mol. The number of ether oxygens (including phenoxy) is 2. The van der Waals surface area contributed by atoms with E-state index < -0.39 is 0 Å². The summed E-state index contributed by atoms with van der Waals surface area (Å²) in [5, 5.41) is 7.36. The summed E-state index contributed by atoms with van der Waals surface area (Å²) in [5.74, 6) is 1.76. The molecular formula is C26H24N4O3S. The van der Waals surface area contributed by atoms with Gasteiger partial charge in [-0.25, -0.2) is 9.97 Å². The van der Waals surface area contributed by atoms with Crippen LogP contribution in [-0.2, 0) is 0 Å². The molecule has 0 fully saturated rings. The number of amides is 1. The molecule has 1 aliphatic heterocycles. The van der Waals surface area contributed by atoms with Crippen molar-refractivity contribution in [3.8, 4) is 11.5 Å². The second-order valence-corrected chi connectivity index (χ2v) is 9.38. The topological polar surface area (TPSA) is 85.4 Å². The van der Waals surface area contributed by atoms with Crippen LogP contribution >= 0.6 is 11.3 Å². The molecule has 1 atom stereocenters. The van der Waals surface area contributed by atoms with Gasteiger partial charge in [0.1, 0.15) is 5.00 Å². The Bertz CT molecular complexity index is 1330. The summed E-state index contributed by atoms with van der Waals surface area (Å²) in [5.41, 5.74) is 4.22. The molecular weight excluding hydrogens is 448 g/mol. The number of carbonyl (C=O) groups is 1. The Balaban J connectivity index is 1.56. The van der Waals surface area contributed by atoms with Crippen molar-refractivity contribution in [1.82, 2.24) is 9.97 Å². The zero-order valence-electron chi connectivity index (χ0n) is 19.1. The van der Waals surface area contributed by atoms with Gasteiger partial charge in [-0.2, -0.15) is 0 Å². The number of carbonyl (C=O) groups excluding carboxylic acids is 1. The molecule has 0 aliphatic carbocycles. The molecule has 0 radical (unpaired) electrons. The van der Waals surface area contributed by atoms with Crippen LogP contribution in [0, 0.1) is 20.8 Å². The molecule has 2 N–H and O–H groups in total. The molecule has 2 aromatic heterocycles. The van der Waals surface area contributed by atoms with E-state index in [2.05, 4.69) is 26.7 Å². The fourth-order valence-corrected chi connectivity index (χ4v) is 4.91. The quantitative estimate of drug-likeness (QED) is 0.377. The second kappa shape index (κ2) is 9.15. The van der Waals surface area contributed by atoms with Gasteiger partial charge in [0.25, 0.3) is 5.91 Å². The van der Waals surface area contributed by atoms with E-state index in [0.717, 1.165) is 32.4 Å². The zero-order chi connectivity index (χ0) is 23.7. The molecule has 5 rings (SSSR count). The van der Waals surface area contributed by atoms with Gasteiger partial charge in [-0.3, -0.25) is 4.79 Å². The predicted octanol–water partition coefficient (Wildman–Crippen LogP) is 5.65. The summed E-state index contributed by atoms with van der Waals surface area (Å²) in [4.78, 5) is 23.2. The van der Waals surface area contributed by atoms with Gasteiger partial charge in [-0.05, 0) is 62.7 Å². The minimum absolute atomic E-state index is 0.157. The third-order valence-corrected chi connectivity index (χ3v) is 6.43. The minimum atomic E-state index is -0.327. The highest BCUT2D eigenvalue weighted by molar-refractivity contribution is 7.16. The SMILES string of the molecule is Cc1cc(C)nc(NC(c2ccc3c(c2)OCO3)c2cc(C)sc2NC(=O)c2ccccc2)n1. The van der Waals surface area contributed by atoms with Gasteiger partial charge in [-0.15, -0.1) is 11.3 Å². The summed E-state index contributed by atoms with van der Waals surface area (Å²) in [6.45, 7) is 6.11. The van der Waals surface area contributed by atoms with E-state index >= 15 is 0 Å². The third-order valence-electron chi connectivity index (χ3n) is 5.44. The van der Waals surface area contributed by atoms with Crippen LogP contribution in [0.4, 0.5) is 10.9 Å². The number of anilines is 2. The molecule has 2 aromatic carbocycles. The highest BCUT2D eigenvalue weighted by Crippen LogP contribution is 2.41. The van der Waals surface area contributed by atoms with E-state index in [0.29, 0.717) is 23.0 Å². The molecule has 1 unspecified atom stereocenters. The Morgan fingerprint density at radius 2 is 1.68 bits per heavy atom. The Hall–Kier alpha value is -3.91. The van der Waals surface area contributed by atoms with Crippen LogP contribution in [0.15, 0.2) is 60.7 Å². The van der Waals surface area contributed by atoms with Crippen molar-refractivity contribution < 1.29 is 14.3 Å². The zero-order valence-corrected chi connectivity index (χ0v) is 19.9. The van der Waals surface area contributed by atoms with Crippen LogP contribution < -0.4 is 20.1 Å². The lowest BCUT2D eigenvalue weighted by Crippen LogP contribution is -2.18. The summed E-state index contributed by atoms with van der Waals surface area (Å²) < 4.78 is 11.1. The molecule has 7 nitrogen and oxygen atoms in total. The van der Waals surface area contributed by atoms with Gasteiger partial charge in [-0.1, -0.05) is 24.3 Å². The van der Waals surface area contributed by atoms with Crippen LogP contribution in [0.5, 0.6) is 11.5 Å². The van der Waals surface area contributed by atoms with Crippen LogP contribution in [0.25, 0.3) is 0 Å². The molecule has 0 saturated carbocycles. The molecule has 172 valence electrons. The maximum Gasteiger partial charge on any atom is 0.256 e. The summed E-state index contributed by atoms with van der Waals surface area (Å²) >= 11 is 1.53. The number of nitrogens with zero attached hydrogens (tertiary/aromatic N) is 2. The van der Waals surface area contributed by atoms with Crippen LogP contribution in [0.2, 0.25) is 0 Å². The standard InChI is InChI=1S/C26H24N4O3S/c1-15-11-16(2)28-26(27-15)29-23(19-9-10-21-22(13-19)33-14-32-21)20-12-17(3)34-25(20)30-24(31)18-7-5-4-6-8-18/h4-13,23H,14H2,1-3H3,(H,30,31)(H,27,28,29). The van der Waals surface area contributed by atoms with Gasteiger partial charge in [0.2, 0.25) is 12.7 Å².